The van der Waals surface area contributed by atoms with E-state index in [1.807, 2.05) is 24.3 Å². The second-order valence-corrected chi connectivity index (χ2v) is 5.18. The molecule has 2 aromatic carbocycles. The number of hydrogen-bond donors (Lipinski definition) is 0. The fraction of sp³-hybridized carbons (Fsp3) is 0. The molecule has 3 aromatic rings. The number of nitrogens with zero attached hydrogens (tertiary/aromatic N) is 1. The molecule has 0 aliphatic carbocycles. The van der Waals surface area contributed by atoms with E-state index in [9.17, 15) is 4.79 Å². The van der Waals surface area contributed by atoms with E-state index in [1.54, 1.807) is 18.2 Å². The number of rotatable bonds is 1. The maximum absolute atomic E-state index is 12.0. The van der Waals surface area contributed by atoms with Gasteiger partial charge in [-0.25, -0.2) is 9.78 Å². The molecular formula is C14H7BrClNO2. The molecule has 3 rings (SSSR count). The molecule has 0 unspecified atom stereocenters. The molecule has 0 aliphatic rings. The van der Waals surface area contributed by atoms with Crippen molar-refractivity contribution in [3.05, 3.63) is 62.4 Å². The van der Waals surface area contributed by atoms with Crippen LogP contribution in [-0.2, 0) is 0 Å². The van der Waals surface area contributed by atoms with Crippen molar-refractivity contribution in [1.29, 1.82) is 0 Å². The van der Waals surface area contributed by atoms with Crippen molar-refractivity contribution >= 4 is 38.4 Å². The molecule has 0 radical (unpaired) electrons. The van der Waals surface area contributed by atoms with Crippen molar-refractivity contribution in [3.63, 3.8) is 0 Å². The molecular weight excluding hydrogens is 330 g/mol. The van der Waals surface area contributed by atoms with Crippen LogP contribution in [-0.4, -0.2) is 4.98 Å². The van der Waals surface area contributed by atoms with Crippen LogP contribution in [0, 0.1) is 0 Å². The van der Waals surface area contributed by atoms with E-state index in [2.05, 4.69) is 20.9 Å². The normalized spacial score (nSPS) is 10.8. The molecule has 0 saturated heterocycles. The first-order valence-electron chi connectivity index (χ1n) is 5.51. The summed E-state index contributed by atoms with van der Waals surface area (Å²) in [5.41, 5.74) is 0.714. The van der Waals surface area contributed by atoms with Gasteiger partial charge in [-0.1, -0.05) is 29.8 Å². The maximum Gasteiger partial charge on any atom is 0.347 e. The van der Waals surface area contributed by atoms with Crippen molar-refractivity contribution in [3.8, 4) is 11.5 Å². The average molecular weight is 337 g/mol. The van der Waals surface area contributed by atoms with E-state index < -0.39 is 5.63 Å². The number of benzene rings is 2. The standard InChI is InChI=1S/C14H7BrClNO2/c15-10-6-2-1-4-8(10)13-17-12-9(14(18)19-13)5-3-7-11(12)16/h1-7H. The average Bonchev–Trinajstić information content (AvgIpc) is 2.40. The quantitative estimate of drug-likeness (QED) is 0.666. The third-order valence-corrected chi connectivity index (χ3v) is 3.71. The molecule has 1 heterocycles. The van der Waals surface area contributed by atoms with E-state index in [4.69, 9.17) is 16.0 Å². The predicted octanol–water partition coefficient (Wildman–Crippen LogP) is 4.27. The maximum atomic E-state index is 12.0. The van der Waals surface area contributed by atoms with Crippen LogP contribution in [0.25, 0.3) is 22.4 Å². The fourth-order valence-electron chi connectivity index (χ4n) is 1.81. The topological polar surface area (TPSA) is 43.1 Å². The van der Waals surface area contributed by atoms with E-state index >= 15 is 0 Å². The lowest BCUT2D eigenvalue weighted by atomic mass is 10.2. The van der Waals surface area contributed by atoms with Gasteiger partial charge in [0.25, 0.3) is 0 Å². The number of aromatic nitrogens is 1. The summed E-state index contributed by atoms with van der Waals surface area (Å²) in [5.74, 6) is 0.248. The Balaban J connectivity index is 2.36. The highest BCUT2D eigenvalue weighted by Crippen LogP contribution is 2.28. The Kier molecular flexibility index (Phi) is 3.12. The molecule has 0 atom stereocenters. The van der Waals surface area contributed by atoms with Gasteiger partial charge < -0.3 is 4.42 Å². The monoisotopic (exact) mass is 335 g/mol. The van der Waals surface area contributed by atoms with Crippen molar-refractivity contribution in [2.45, 2.75) is 0 Å². The van der Waals surface area contributed by atoms with Gasteiger partial charge in [0.1, 0.15) is 5.52 Å². The summed E-state index contributed by atoms with van der Waals surface area (Å²) in [7, 11) is 0. The molecule has 0 aliphatic heterocycles. The Bertz CT molecular complexity index is 829. The number of fused-ring (bicyclic) bond motifs is 1. The van der Waals surface area contributed by atoms with Gasteiger partial charge in [0.2, 0.25) is 5.89 Å². The molecule has 0 spiro atoms. The van der Waals surface area contributed by atoms with Gasteiger partial charge in [0.15, 0.2) is 0 Å². The largest absolute Gasteiger partial charge is 0.403 e. The van der Waals surface area contributed by atoms with Crippen LogP contribution in [0.1, 0.15) is 0 Å². The van der Waals surface area contributed by atoms with Crippen LogP contribution in [0.5, 0.6) is 0 Å². The predicted molar refractivity (Wildman–Crippen MR) is 78.4 cm³/mol. The summed E-state index contributed by atoms with van der Waals surface area (Å²) >= 11 is 9.48. The Hall–Kier alpha value is -1.65. The Labute approximate surface area is 122 Å². The second kappa shape index (κ2) is 4.79. The molecule has 0 bridgehead atoms. The zero-order valence-electron chi connectivity index (χ0n) is 9.56. The van der Waals surface area contributed by atoms with E-state index in [0.717, 1.165) is 4.47 Å². The van der Waals surface area contributed by atoms with Gasteiger partial charge in [-0.05, 0) is 40.2 Å². The van der Waals surface area contributed by atoms with Crippen molar-refractivity contribution in [1.82, 2.24) is 4.98 Å². The first-order chi connectivity index (χ1) is 9.16. The summed E-state index contributed by atoms with van der Waals surface area (Å²) in [6.45, 7) is 0. The van der Waals surface area contributed by atoms with Gasteiger partial charge in [-0.3, -0.25) is 0 Å². The number of hydrogen-bond acceptors (Lipinski definition) is 3. The fourth-order valence-corrected chi connectivity index (χ4v) is 2.48. The van der Waals surface area contributed by atoms with Gasteiger partial charge in [0.05, 0.1) is 16.0 Å². The lowest BCUT2D eigenvalue weighted by Crippen LogP contribution is -2.03. The number of halogens is 2. The Morgan fingerprint density at radius 3 is 2.68 bits per heavy atom. The summed E-state index contributed by atoms with van der Waals surface area (Å²) in [5, 5.41) is 0.807. The Morgan fingerprint density at radius 1 is 1.11 bits per heavy atom. The van der Waals surface area contributed by atoms with Crippen molar-refractivity contribution in [2.24, 2.45) is 0 Å². The van der Waals surface area contributed by atoms with Crippen LogP contribution < -0.4 is 5.63 Å². The van der Waals surface area contributed by atoms with Gasteiger partial charge >= 0.3 is 5.63 Å². The third-order valence-electron chi connectivity index (χ3n) is 2.71. The summed E-state index contributed by atoms with van der Waals surface area (Å²) in [6, 6.07) is 12.4. The molecule has 0 N–H and O–H groups in total. The van der Waals surface area contributed by atoms with Crippen molar-refractivity contribution in [2.75, 3.05) is 0 Å². The zero-order valence-corrected chi connectivity index (χ0v) is 11.9. The smallest absolute Gasteiger partial charge is 0.347 e. The molecule has 0 saturated carbocycles. The minimum atomic E-state index is -0.446. The molecule has 0 amide bonds. The zero-order chi connectivity index (χ0) is 13.4. The van der Waals surface area contributed by atoms with E-state index in [1.165, 1.54) is 0 Å². The van der Waals surface area contributed by atoms with E-state index in [-0.39, 0.29) is 5.89 Å². The van der Waals surface area contributed by atoms with Crippen LogP contribution in [0.4, 0.5) is 0 Å². The van der Waals surface area contributed by atoms with Gasteiger partial charge in [-0.2, -0.15) is 0 Å². The van der Waals surface area contributed by atoms with Gasteiger partial charge in [0, 0.05) is 4.47 Å². The molecule has 0 fully saturated rings. The molecule has 3 nitrogen and oxygen atoms in total. The summed E-state index contributed by atoms with van der Waals surface area (Å²) in [6.07, 6.45) is 0. The Morgan fingerprint density at radius 2 is 1.89 bits per heavy atom. The van der Waals surface area contributed by atoms with E-state index in [0.29, 0.717) is 21.5 Å². The van der Waals surface area contributed by atoms with Crippen molar-refractivity contribution < 1.29 is 4.42 Å². The highest BCUT2D eigenvalue weighted by molar-refractivity contribution is 9.10. The SMILES string of the molecule is O=c1oc(-c2ccccc2Br)nc2c(Cl)cccc12. The highest BCUT2D eigenvalue weighted by Gasteiger charge is 2.12. The molecule has 94 valence electrons. The lowest BCUT2D eigenvalue weighted by molar-refractivity contribution is 0.518. The second-order valence-electron chi connectivity index (χ2n) is 3.92. The minimum absolute atomic E-state index is 0.248. The molecule has 19 heavy (non-hydrogen) atoms. The first kappa shape index (κ1) is 12.4. The minimum Gasteiger partial charge on any atom is -0.403 e. The molecule has 5 heteroatoms. The van der Waals surface area contributed by atoms with Gasteiger partial charge in [-0.15, -0.1) is 0 Å². The highest BCUT2D eigenvalue weighted by atomic mass is 79.9. The summed E-state index contributed by atoms with van der Waals surface area (Å²) in [4.78, 5) is 16.3. The molecule has 1 aromatic heterocycles. The lowest BCUT2D eigenvalue weighted by Gasteiger charge is -2.04. The van der Waals surface area contributed by atoms with Crippen LogP contribution in [0.3, 0.4) is 0 Å². The first-order valence-corrected chi connectivity index (χ1v) is 6.68. The summed E-state index contributed by atoms with van der Waals surface area (Å²) < 4.78 is 6.06. The third kappa shape index (κ3) is 2.17. The number of para-hydroxylation sites is 1. The van der Waals surface area contributed by atoms with Crippen LogP contribution in [0.2, 0.25) is 5.02 Å². The van der Waals surface area contributed by atoms with Crippen LogP contribution in [0.15, 0.2) is 56.1 Å². The van der Waals surface area contributed by atoms with Crippen LogP contribution >= 0.6 is 27.5 Å².